The van der Waals surface area contributed by atoms with Crippen LogP contribution in [0.2, 0.25) is 0 Å². The molecule has 24 heavy (non-hydrogen) atoms. The van der Waals surface area contributed by atoms with Crippen molar-refractivity contribution >= 4 is 0 Å². The Labute approximate surface area is 143 Å². The van der Waals surface area contributed by atoms with Gasteiger partial charge in [-0.2, -0.15) is 5.10 Å². The van der Waals surface area contributed by atoms with Gasteiger partial charge in [0.15, 0.2) is 0 Å². The van der Waals surface area contributed by atoms with Gasteiger partial charge in [0.2, 0.25) is 0 Å². The van der Waals surface area contributed by atoms with E-state index in [2.05, 4.69) is 10.1 Å². The minimum Gasteiger partial charge on any atom is -0.490 e. The Morgan fingerprint density at radius 3 is 2.71 bits per heavy atom. The standard InChI is InChI=1S/C18H27N3O3/c1-15-9-17(12-19-10-15)24-8-7-23-6-5-16-11-20-21(13-16)14-18(2,3)22-4/h9-13H,5-8,14H2,1-4H3. The SMILES string of the molecule is COC(C)(C)Cn1cc(CCOCCOc2cncc(C)c2)cn1. The summed E-state index contributed by atoms with van der Waals surface area (Å²) in [5, 5.41) is 4.36. The van der Waals surface area contributed by atoms with Crippen LogP contribution in [0, 0.1) is 6.92 Å². The molecule has 2 rings (SSSR count). The molecule has 0 aromatic carbocycles. The number of aromatic nitrogens is 3. The van der Waals surface area contributed by atoms with E-state index in [1.165, 1.54) is 0 Å². The molecule has 0 N–H and O–H groups in total. The lowest BCUT2D eigenvalue weighted by Gasteiger charge is -2.22. The highest BCUT2D eigenvalue weighted by atomic mass is 16.5. The van der Waals surface area contributed by atoms with Crippen LogP contribution in [0.3, 0.4) is 0 Å². The molecule has 0 spiro atoms. The molecular formula is C18H27N3O3. The Bertz CT molecular complexity index is 625. The summed E-state index contributed by atoms with van der Waals surface area (Å²) >= 11 is 0. The third-order valence-electron chi connectivity index (χ3n) is 3.66. The summed E-state index contributed by atoms with van der Waals surface area (Å²) in [6.45, 7) is 8.52. The number of aryl methyl sites for hydroxylation is 1. The van der Waals surface area contributed by atoms with Crippen molar-refractivity contribution in [2.45, 2.75) is 39.3 Å². The maximum atomic E-state index is 5.61. The molecule has 0 radical (unpaired) electrons. The van der Waals surface area contributed by atoms with E-state index in [0.717, 1.165) is 29.8 Å². The van der Waals surface area contributed by atoms with Crippen LogP contribution < -0.4 is 4.74 Å². The quantitative estimate of drug-likeness (QED) is 0.626. The van der Waals surface area contributed by atoms with Gasteiger partial charge < -0.3 is 14.2 Å². The fourth-order valence-electron chi connectivity index (χ4n) is 2.19. The van der Waals surface area contributed by atoms with Gasteiger partial charge in [-0.05, 0) is 44.4 Å². The highest BCUT2D eigenvalue weighted by molar-refractivity contribution is 5.22. The number of ether oxygens (including phenoxy) is 3. The second kappa shape index (κ2) is 8.80. The van der Waals surface area contributed by atoms with Crippen molar-refractivity contribution in [3.05, 3.63) is 42.0 Å². The third-order valence-corrected chi connectivity index (χ3v) is 3.66. The lowest BCUT2D eigenvalue weighted by molar-refractivity contribution is 0.00540. The molecule has 2 aromatic heterocycles. The molecule has 0 saturated carbocycles. The van der Waals surface area contributed by atoms with Crippen LogP contribution in [0.5, 0.6) is 5.75 Å². The summed E-state index contributed by atoms with van der Waals surface area (Å²) in [6.07, 6.45) is 8.27. The van der Waals surface area contributed by atoms with Crippen LogP contribution in [0.1, 0.15) is 25.0 Å². The molecule has 0 aliphatic heterocycles. The Morgan fingerprint density at radius 2 is 1.96 bits per heavy atom. The van der Waals surface area contributed by atoms with Gasteiger partial charge in [-0.1, -0.05) is 0 Å². The summed E-state index contributed by atoms with van der Waals surface area (Å²) in [6, 6.07) is 1.96. The normalized spacial score (nSPS) is 11.7. The molecule has 0 unspecified atom stereocenters. The highest BCUT2D eigenvalue weighted by Crippen LogP contribution is 2.12. The summed E-state index contributed by atoms with van der Waals surface area (Å²) in [5.74, 6) is 0.778. The summed E-state index contributed by atoms with van der Waals surface area (Å²) in [5.41, 5.74) is 2.02. The van der Waals surface area contributed by atoms with Crippen molar-refractivity contribution in [1.82, 2.24) is 14.8 Å². The third kappa shape index (κ3) is 6.29. The molecule has 2 aromatic rings. The minimum atomic E-state index is -0.220. The first-order valence-corrected chi connectivity index (χ1v) is 8.17. The monoisotopic (exact) mass is 333 g/mol. The maximum Gasteiger partial charge on any atom is 0.137 e. The molecule has 0 fully saturated rings. The Morgan fingerprint density at radius 1 is 1.12 bits per heavy atom. The fraction of sp³-hybridized carbons (Fsp3) is 0.556. The van der Waals surface area contributed by atoms with E-state index in [-0.39, 0.29) is 5.60 Å². The minimum absolute atomic E-state index is 0.220. The summed E-state index contributed by atoms with van der Waals surface area (Å²) in [7, 11) is 1.72. The molecule has 6 nitrogen and oxygen atoms in total. The molecule has 0 aliphatic carbocycles. The van der Waals surface area contributed by atoms with E-state index in [9.17, 15) is 0 Å². The van der Waals surface area contributed by atoms with Crippen molar-refractivity contribution in [3.8, 4) is 5.75 Å². The predicted molar refractivity (Wildman–Crippen MR) is 92.3 cm³/mol. The Balaban J connectivity index is 1.62. The van der Waals surface area contributed by atoms with Crippen LogP contribution in [0.4, 0.5) is 0 Å². The van der Waals surface area contributed by atoms with Crippen LogP contribution in [-0.2, 0) is 22.4 Å². The molecule has 0 amide bonds. The summed E-state index contributed by atoms with van der Waals surface area (Å²) < 4.78 is 18.5. The molecule has 0 bridgehead atoms. The van der Waals surface area contributed by atoms with Crippen molar-refractivity contribution in [3.63, 3.8) is 0 Å². The fourth-order valence-corrected chi connectivity index (χ4v) is 2.19. The largest absolute Gasteiger partial charge is 0.490 e. The number of hydrogen-bond acceptors (Lipinski definition) is 5. The van der Waals surface area contributed by atoms with Crippen LogP contribution in [0.15, 0.2) is 30.9 Å². The van der Waals surface area contributed by atoms with Crippen molar-refractivity contribution in [1.29, 1.82) is 0 Å². The molecule has 0 atom stereocenters. The van der Waals surface area contributed by atoms with Crippen LogP contribution in [-0.4, -0.2) is 47.3 Å². The molecule has 0 saturated heterocycles. The smallest absolute Gasteiger partial charge is 0.137 e. The van der Waals surface area contributed by atoms with E-state index in [0.29, 0.717) is 19.8 Å². The Hall–Kier alpha value is -1.92. The second-order valence-electron chi connectivity index (χ2n) is 6.42. The van der Waals surface area contributed by atoms with E-state index < -0.39 is 0 Å². The van der Waals surface area contributed by atoms with Gasteiger partial charge in [0.1, 0.15) is 12.4 Å². The van der Waals surface area contributed by atoms with Gasteiger partial charge in [0, 0.05) is 19.5 Å². The summed E-state index contributed by atoms with van der Waals surface area (Å²) in [4.78, 5) is 4.09. The van der Waals surface area contributed by atoms with Gasteiger partial charge in [0.25, 0.3) is 0 Å². The number of nitrogens with zero attached hydrogens (tertiary/aromatic N) is 3. The first kappa shape index (κ1) is 18.4. The van der Waals surface area contributed by atoms with E-state index in [1.807, 2.05) is 43.9 Å². The molecule has 132 valence electrons. The van der Waals surface area contributed by atoms with E-state index in [1.54, 1.807) is 19.5 Å². The van der Waals surface area contributed by atoms with Crippen molar-refractivity contribution in [2.75, 3.05) is 26.9 Å². The Kier molecular flexibility index (Phi) is 6.75. The van der Waals surface area contributed by atoms with Gasteiger partial charge in [-0.15, -0.1) is 0 Å². The molecular weight excluding hydrogens is 306 g/mol. The predicted octanol–water partition coefficient (Wildman–Crippen LogP) is 2.65. The van der Waals surface area contributed by atoms with E-state index >= 15 is 0 Å². The number of hydrogen-bond donors (Lipinski definition) is 0. The van der Waals surface area contributed by atoms with E-state index in [4.69, 9.17) is 14.2 Å². The van der Waals surface area contributed by atoms with Crippen LogP contribution >= 0.6 is 0 Å². The average molecular weight is 333 g/mol. The van der Waals surface area contributed by atoms with Gasteiger partial charge in [-0.25, -0.2) is 0 Å². The lowest BCUT2D eigenvalue weighted by Crippen LogP contribution is -2.29. The zero-order chi connectivity index (χ0) is 17.4. The van der Waals surface area contributed by atoms with Crippen molar-refractivity contribution < 1.29 is 14.2 Å². The molecule has 2 heterocycles. The van der Waals surface area contributed by atoms with Crippen molar-refractivity contribution in [2.24, 2.45) is 0 Å². The van der Waals surface area contributed by atoms with Crippen LogP contribution in [0.25, 0.3) is 0 Å². The first-order chi connectivity index (χ1) is 11.5. The maximum absolute atomic E-state index is 5.61. The second-order valence-corrected chi connectivity index (χ2v) is 6.42. The average Bonchev–Trinajstić information content (AvgIpc) is 2.97. The van der Waals surface area contributed by atoms with Gasteiger partial charge in [-0.3, -0.25) is 9.67 Å². The van der Waals surface area contributed by atoms with Gasteiger partial charge >= 0.3 is 0 Å². The number of rotatable bonds is 10. The zero-order valence-electron chi connectivity index (χ0n) is 15.0. The zero-order valence-corrected chi connectivity index (χ0v) is 15.0. The highest BCUT2D eigenvalue weighted by Gasteiger charge is 2.17. The number of pyridine rings is 1. The number of methoxy groups -OCH3 is 1. The van der Waals surface area contributed by atoms with Gasteiger partial charge in [0.05, 0.1) is 37.8 Å². The lowest BCUT2D eigenvalue weighted by atomic mass is 10.1. The molecule has 0 aliphatic rings. The first-order valence-electron chi connectivity index (χ1n) is 8.17. The topological polar surface area (TPSA) is 58.4 Å². The molecule has 6 heteroatoms.